The zero-order valence-electron chi connectivity index (χ0n) is 31.2. The van der Waals surface area contributed by atoms with Gasteiger partial charge in [-0.25, -0.2) is 9.97 Å². The molecule has 5 rings (SSSR count). The van der Waals surface area contributed by atoms with E-state index in [-0.39, 0.29) is 17.9 Å². The van der Waals surface area contributed by atoms with Gasteiger partial charge >= 0.3 is 0 Å². The summed E-state index contributed by atoms with van der Waals surface area (Å²) in [7, 11) is 7.95. The lowest BCUT2D eigenvalue weighted by Gasteiger charge is -2.13. The zero-order valence-corrected chi connectivity index (χ0v) is 31.2. The molecule has 51 heavy (non-hydrogen) atoms. The van der Waals surface area contributed by atoms with Crippen LogP contribution in [0.15, 0.2) is 37.4 Å². The number of carbonyl (C=O) groups excluding carboxylic acids is 2. The number of carbonyl (C=O) groups is 2. The fourth-order valence-corrected chi connectivity index (χ4v) is 6.57. The fraction of sp³-hybridized carbons (Fsp3) is 0.400. The lowest BCUT2D eigenvalue weighted by molar-refractivity contribution is -0.122. The van der Waals surface area contributed by atoms with Gasteiger partial charge in [-0.15, -0.1) is 0 Å². The Morgan fingerprint density at radius 3 is 1.92 bits per heavy atom. The van der Waals surface area contributed by atoms with E-state index in [9.17, 15) is 9.59 Å². The quantitative estimate of drug-likeness (QED) is 0.136. The second kappa shape index (κ2) is 16.3. The second-order valence-corrected chi connectivity index (χ2v) is 13.9. The predicted octanol–water partition coefficient (Wildman–Crippen LogP) is 6.22. The molecule has 5 heterocycles. The molecule has 270 valence electrons. The molecule has 0 saturated carbocycles. The van der Waals surface area contributed by atoms with Crippen molar-refractivity contribution in [3.8, 4) is 0 Å². The minimum atomic E-state index is -0.209. The predicted molar refractivity (Wildman–Crippen MR) is 211 cm³/mol. The van der Waals surface area contributed by atoms with Gasteiger partial charge in [-0.1, -0.05) is 25.3 Å². The number of fused-ring (bicyclic) bond motifs is 8. The molecule has 0 saturated heterocycles. The minimum absolute atomic E-state index is 0.00317. The number of rotatable bonds is 14. The molecule has 11 nitrogen and oxygen atoms in total. The largest absolute Gasteiger partial charge is 0.362 e. The van der Waals surface area contributed by atoms with E-state index >= 15 is 0 Å². The van der Waals surface area contributed by atoms with E-state index in [0.29, 0.717) is 44.6 Å². The highest BCUT2D eigenvalue weighted by Gasteiger charge is 2.24. The van der Waals surface area contributed by atoms with Crippen molar-refractivity contribution in [2.24, 2.45) is 0 Å². The van der Waals surface area contributed by atoms with Gasteiger partial charge in [0.25, 0.3) is 0 Å². The van der Waals surface area contributed by atoms with Gasteiger partial charge in [0.05, 0.1) is 23.1 Å². The Hall–Kier alpha value is -5.00. The van der Waals surface area contributed by atoms with Gasteiger partial charge in [-0.2, -0.15) is 0 Å². The molecule has 3 aromatic rings. The highest BCUT2D eigenvalue weighted by molar-refractivity contribution is 5.94. The Labute approximate surface area is 301 Å². The third-order valence-electron chi connectivity index (χ3n) is 9.62. The van der Waals surface area contributed by atoms with Gasteiger partial charge in [0.15, 0.2) is 0 Å². The van der Waals surface area contributed by atoms with Crippen molar-refractivity contribution in [3.63, 3.8) is 0 Å². The summed E-state index contributed by atoms with van der Waals surface area (Å²) in [4.78, 5) is 47.2. The molecule has 8 bridgehead atoms. The fourth-order valence-electron chi connectivity index (χ4n) is 6.57. The summed E-state index contributed by atoms with van der Waals surface area (Å²) in [6.45, 7) is 17.2. The summed E-state index contributed by atoms with van der Waals surface area (Å²) < 4.78 is 0. The van der Waals surface area contributed by atoms with Crippen molar-refractivity contribution in [1.82, 2.24) is 40.4 Å². The van der Waals surface area contributed by atoms with Crippen LogP contribution in [0.1, 0.15) is 78.0 Å². The van der Waals surface area contributed by atoms with Crippen LogP contribution in [0.3, 0.4) is 0 Å². The van der Waals surface area contributed by atoms with Crippen molar-refractivity contribution in [2.75, 3.05) is 59.7 Å². The summed E-state index contributed by atoms with van der Waals surface area (Å²) in [5.41, 5.74) is 12.3. The second-order valence-electron chi connectivity index (χ2n) is 13.9. The summed E-state index contributed by atoms with van der Waals surface area (Å²) in [5, 5.41) is 9.64. The van der Waals surface area contributed by atoms with Crippen LogP contribution in [0.5, 0.6) is 0 Å². The Bertz CT molecular complexity index is 2020. The molecule has 0 aliphatic carbocycles. The lowest BCUT2D eigenvalue weighted by atomic mass is 9.99. The Morgan fingerprint density at radius 2 is 1.33 bits per heavy atom. The number of likely N-dealkylation sites (N-methyl/N-ethyl adjacent to an activating group) is 2. The van der Waals surface area contributed by atoms with Crippen molar-refractivity contribution in [1.29, 1.82) is 0 Å². The average molecular weight is 692 g/mol. The van der Waals surface area contributed by atoms with Crippen molar-refractivity contribution < 1.29 is 9.59 Å². The number of amides is 2. The van der Waals surface area contributed by atoms with E-state index in [1.54, 1.807) is 0 Å². The molecule has 2 aliphatic heterocycles. The van der Waals surface area contributed by atoms with Gasteiger partial charge < -0.3 is 35.7 Å². The maximum absolute atomic E-state index is 12.9. The first-order valence-electron chi connectivity index (χ1n) is 17.7. The number of hydrogen-bond donors (Lipinski definition) is 5. The van der Waals surface area contributed by atoms with E-state index in [1.165, 1.54) is 0 Å². The van der Waals surface area contributed by atoms with Gasteiger partial charge in [-0.3, -0.25) is 9.59 Å². The van der Waals surface area contributed by atoms with Crippen molar-refractivity contribution >= 4 is 63.0 Å². The molecule has 2 aliphatic rings. The molecule has 1 atom stereocenters. The molecular formula is C40H53N9O2. The van der Waals surface area contributed by atoms with E-state index in [2.05, 4.69) is 72.0 Å². The molecule has 3 aromatic heterocycles. The number of anilines is 1. The van der Waals surface area contributed by atoms with E-state index in [4.69, 9.17) is 9.97 Å². The Morgan fingerprint density at radius 1 is 0.765 bits per heavy atom. The van der Waals surface area contributed by atoms with Gasteiger partial charge in [0.2, 0.25) is 11.8 Å². The van der Waals surface area contributed by atoms with E-state index < -0.39 is 0 Å². The maximum Gasteiger partial charge on any atom is 0.220 e. The van der Waals surface area contributed by atoms with Crippen LogP contribution in [0.4, 0.5) is 5.82 Å². The SMILES string of the molecule is C=Cc1c(C)c2cc3[nH]c(cc4nc(cc5nc(cc1[nH]2)C(C)=C5CCC(=O)NCCN(C)C)C(CCC(=O)NCCN(C)C)N4)c(C)c3C=C. The average Bonchev–Trinajstić information content (AvgIpc) is 3.77. The third kappa shape index (κ3) is 8.84. The summed E-state index contributed by atoms with van der Waals surface area (Å²) >= 11 is 0. The Kier molecular flexibility index (Phi) is 11.9. The number of nitrogens with zero attached hydrogens (tertiary/aromatic N) is 4. The third-order valence-corrected chi connectivity index (χ3v) is 9.62. The standard InChI is InChI=1S/C40H53N9O2/c1-10-27-24(3)31-20-35-28(11-2)25(4)33(45-35)23-38-46-30(13-15-40(51)42-17-19-49(8)9)37(47-38)22-36-29(12-14-39(50)41-16-18-48(6)7)26(5)32(44-36)21-34(27)43-31/h10-11,20-23,30,43,45H,1-2,12-19H2,3-9H3,(H,41,50)(H,42,51)(H,46,47). The van der Waals surface area contributed by atoms with Crippen LogP contribution >= 0.6 is 0 Å². The number of nitrogens with one attached hydrogen (secondary N) is 5. The van der Waals surface area contributed by atoms with Crippen LogP contribution in [0, 0.1) is 13.8 Å². The van der Waals surface area contributed by atoms with Crippen LogP contribution < -0.4 is 16.0 Å². The van der Waals surface area contributed by atoms with Gasteiger partial charge in [0.1, 0.15) is 5.82 Å². The molecule has 0 aromatic carbocycles. The van der Waals surface area contributed by atoms with Crippen LogP contribution in [0.25, 0.3) is 45.4 Å². The normalized spacial score (nSPS) is 14.2. The zero-order chi connectivity index (χ0) is 36.8. The first-order valence-corrected chi connectivity index (χ1v) is 17.7. The topological polar surface area (TPSA) is 134 Å². The molecule has 5 N–H and O–H groups in total. The molecule has 0 fully saturated rings. The summed E-state index contributed by atoms with van der Waals surface area (Å²) in [5.74, 6) is 0.703. The first kappa shape index (κ1) is 37.3. The molecule has 0 spiro atoms. The Balaban J connectivity index is 1.65. The number of aryl methyl sites for hydroxylation is 2. The van der Waals surface area contributed by atoms with Gasteiger partial charge in [0, 0.05) is 78.3 Å². The number of hydrogen-bond acceptors (Lipinski definition) is 7. The first-order chi connectivity index (χ1) is 24.4. The molecule has 1 unspecified atom stereocenters. The molecule has 0 radical (unpaired) electrons. The summed E-state index contributed by atoms with van der Waals surface area (Å²) in [6, 6.07) is 8.00. The number of aromatic nitrogens is 4. The lowest BCUT2D eigenvalue weighted by Crippen LogP contribution is -2.31. The van der Waals surface area contributed by atoms with E-state index in [1.807, 2.05) is 62.3 Å². The highest BCUT2D eigenvalue weighted by Crippen LogP contribution is 2.36. The minimum Gasteiger partial charge on any atom is -0.362 e. The smallest absolute Gasteiger partial charge is 0.220 e. The molecule has 2 amide bonds. The van der Waals surface area contributed by atoms with Crippen LogP contribution in [-0.4, -0.2) is 95.9 Å². The molecular weight excluding hydrogens is 639 g/mol. The highest BCUT2D eigenvalue weighted by atomic mass is 16.2. The number of H-pyrrole nitrogens is 2. The number of allylic oxidation sites excluding steroid dienone is 2. The maximum atomic E-state index is 12.9. The number of aromatic amines is 2. The van der Waals surface area contributed by atoms with Crippen LogP contribution in [0.2, 0.25) is 0 Å². The van der Waals surface area contributed by atoms with Crippen molar-refractivity contribution in [3.05, 3.63) is 76.8 Å². The van der Waals surface area contributed by atoms with Crippen LogP contribution in [-0.2, 0) is 9.59 Å². The van der Waals surface area contributed by atoms with E-state index in [0.717, 1.165) is 85.6 Å². The summed E-state index contributed by atoms with van der Waals surface area (Å²) in [6.07, 6.45) is 5.51. The van der Waals surface area contributed by atoms with Gasteiger partial charge in [-0.05, 0) is 102 Å². The molecule has 11 heteroatoms. The monoisotopic (exact) mass is 691 g/mol. The van der Waals surface area contributed by atoms with Crippen molar-refractivity contribution in [2.45, 2.75) is 52.5 Å².